The van der Waals surface area contributed by atoms with Crippen LogP contribution in [0, 0.1) is 11.7 Å². The molecule has 0 saturated carbocycles. The molecule has 1 atom stereocenters. The first-order valence-corrected chi connectivity index (χ1v) is 8.73. The van der Waals surface area contributed by atoms with Gasteiger partial charge in [-0.15, -0.1) is 11.8 Å². The predicted molar refractivity (Wildman–Crippen MR) is 91.4 cm³/mol. The van der Waals surface area contributed by atoms with E-state index in [0.717, 1.165) is 23.4 Å². The van der Waals surface area contributed by atoms with Gasteiger partial charge in [-0.25, -0.2) is 4.39 Å². The molecule has 120 valence electrons. The third-order valence-corrected chi connectivity index (χ3v) is 4.99. The van der Waals surface area contributed by atoms with Gasteiger partial charge in [-0.05, 0) is 36.2 Å². The minimum atomic E-state index is -0.266. The summed E-state index contributed by atoms with van der Waals surface area (Å²) in [5, 5.41) is -0.0290. The lowest BCUT2D eigenvalue weighted by molar-refractivity contribution is -0.128. The van der Waals surface area contributed by atoms with E-state index < -0.39 is 0 Å². The van der Waals surface area contributed by atoms with Gasteiger partial charge in [0.25, 0.3) is 0 Å². The Hall–Kier alpha value is -1.88. The number of hydrogen-bond acceptors (Lipinski definition) is 3. The lowest BCUT2D eigenvalue weighted by atomic mass is 10.0. The first-order valence-electron chi connectivity index (χ1n) is 7.68. The van der Waals surface area contributed by atoms with Crippen LogP contribution < -0.4 is 0 Å². The van der Waals surface area contributed by atoms with Gasteiger partial charge in [0.15, 0.2) is 0 Å². The molecule has 1 aliphatic heterocycles. The minimum absolute atomic E-state index is 0.0290. The summed E-state index contributed by atoms with van der Waals surface area (Å²) in [6, 6.07) is 10.2. The van der Waals surface area contributed by atoms with Gasteiger partial charge >= 0.3 is 0 Å². The third-order valence-electron chi connectivity index (χ3n) is 3.75. The van der Waals surface area contributed by atoms with E-state index in [2.05, 4.69) is 18.8 Å². The highest BCUT2D eigenvalue weighted by Gasteiger charge is 2.34. The molecule has 0 aliphatic carbocycles. The second-order valence-electron chi connectivity index (χ2n) is 6.05. The number of benzene rings is 1. The monoisotopic (exact) mass is 330 g/mol. The van der Waals surface area contributed by atoms with Crippen LogP contribution in [0.25, 0.3) is 11.3 Å². The fraction of sp³-hybridized carbons (Fsp3) is 0.333. The molecule has 23 heavy (non-hydrogen) atoms. The summed E-state index contributed by atoms with van der Waals surface area (Å²) in [7, 11) is 0. The molecule has 2 heterocycles. The van der Waals surface area contributed by atoms with Gasteiger partial charge in [0.1, 0.15) is 11.2 Å². The van der Waals surface area contributed by atoms with Crippen LogP contribution in [0.15, 0.2) is 42.6 Å². The van der Waals surface area contributed by atoms with E-state index in [0.29, 0.717) is 11.7 Å². The molecule has 5 heteroatoms. The van der Waals surface area contributed by atoms with E-state index in [1.165, 1.54) is 12.1 Å². The van der Waals surface area contributed by atoms with Crippen molar-refractivity contribution in [3.8, 4) is 11.3 Å². The van der Waals surface area contributed by atoms with Gasteiger partial charge in [0, 0.05) is 23.9 Å². The Kier molecular flexibility index (Phi) is 4.66. The smallest absolute Gasteiger partial charge is 0.233 e. The average molecular weight is 330 g/mol. The van der Waals surface area contributed by atoms with Crippen LogP contribution in [0.5, 0.6) is 0 Å². The van der Waals surface area contributed by atoms with Crippen LogP contribution in [0.3, 0.4) is 0 Å². The third kappa shape index (κ3) is 3.39. The molecule has 3 rings (SSSR count). The molecular weight excluding hydrogens is 311 g/mol. The number of nitrogens with zero attached hydrogens (tertiary/aromatic N) is 2. The zero-order valence-corrected chi connectivity index (χ0v) is 14.0. The Balaban J connectivity index is 1.99. The number of carbonyl (C=O) groups excluding carboxylic acids is 1. The molecule has 1 saturated heterocycles. The number of rotatable bonds is 4. The molecule has 3 nitrogen and oxygen atoms in total. The Morgan fingerprint density at radius 2 is 2.04 bits per heavy atom. The van der Waals surface area contributed by atoms with Crippen molar-refractivity contribution in [1.29, 1.82) is 0 Å². The minimum Gasteiger partial charge on any atom is -0.325 e. The van der Waals surface area contributed by atoms with Crippen LogP contribution in [0.2, 0.25) is 0 Å². The van der Waals surface area contributed by atoms with Gasteiger partial charge in [-0.2, -0.15) is 0 Å². The summed E-state index contributed by atoms with van der Waals surface area (Å²) < 4.78 is 13.2. The maximum absolute atomic E-state index is 13.2. The zero-order valence-electron chi connectivity index (χ0n) is 13.2. The first-order chi connectivity index (χ1) is 11.1. The van der Waals surface area contributed by atoms with Crippen LogP contribution in [0.1, 0.15) is 24.8 Å². The van der Waals surface area contributed by atoms with Crippen LogP contribution in [-0.4, -0.2) is 28.1 Å². The van der Waals surface area contributed by atoms with E-state index in [9.17, 15) is 9.18 Å². The van der Waals surface area contributed by atoms with Crippen molar-refractivity contribution in [3.63, 3.8) is 0 Å². The van der Waals surface area contributed by atoms with E-state index >= 15 is 0 Å². The average Bonchev–Trinajstić information content (AvgIpc) is 2.88. The fourth-order valence-corrected chi connectivity index (χ4v) is 3.99. The maximum Gasteiger partial charge on any atom is 0.233 e. The predicted octanol–water partition coefficient (Wildman–Crippen LogP) is 4.12. The molecule has 1 aromatic carbocycles. The van der Waals surface area contributed by atoms with Crippen molar-refractivity contribution >= 4 is 17.7 Å². The number of amides is 1. The lowest BCUT2D eigenvalue weighted by Crippen LogP contribution is -2.32. The molecule has 0 N–H and O–H groups in total. The van der Waals surface area contributed by atoms with Crippen molar-refractivity contribution in [2.45, 2.75) is 19.2 Å². The lowest BCUT2D eigenvalue weighted by Gasteiger charge is -2.27. The standard InChI is InChI=1S/C18H19FN2OS/c1-12(2)10-21-16(22)11-23-18(21)15-4-3-9-20-17(15)13-5-7-14(19)8-6-13/h3-9,12,18H,10-11H2,1-2H3. The van der Waals surface area contributed by atoms with Crippen LogP contribution in [0.4, 0.5) is 4.39 Å². The van der Waals surface area contributed by atoms with E-state index in [-0.39, 0.29) is 17.1 Å². The summed E-state index contributed by atoms with van der Waals surface area (Å²) in [5.74, 6) is 0.807. The maximum atomic E-state index is 13.2. The molecular formula is C18H19FN2OS. The largest absolute Gasteiger partial charge is 0.325 e. The molecule has 0 radical (unpaired) electrons. The number of aromatic nitrogens is 1. The Labute approximate surface area is 139 Å². The molecule has 0 spiro atoms. The molecule has 1 fully saturated rings. The van der Waals surface area contributed by atoms with Gasteiger partial charge in [-0.1, -0.05) is 19.9 Å². The summed E-state index contributed by atoms with van der Waals surface area (Å²) in [4.78, 5) is 18.6. The van der Waals surface area contributed by atoms with Gasteiger partial charge < -0.3 is 4.90 Å². The number of hydrogen-bond donors (Lipinski definition) is 0. The Bertz CT molecular complexity index is 702. The van der Waals surface area contributed by atoms with Crippen molar-refractivity contribution in [3.05, 3.63) is 54.0 Å². The van der Waals surface area contributed by atoms with Crippen LogP contribution >= 0.6 is 11.8 Å². The quantitative estimate of drug-likeness (QED) is 0.845. The van der Waals surface area contributed by atoms with Gasteiger partial charge in [0.2, 0.25) is 5.91 Å². The van der Waals surface area contributed by atoms with E-state index in [4.69, 9.17) is 0 Å². The van der Waals surface area contributed by atoms with Gasteiger partial charge in [0.05, 0.1) is 11.4 Å². The van der Waals surface area contributed by atoms with Crippen molar-refractivity contribution in [2.75, 3.05) is 12.3 Å². The molecule has 1 unspecified atom stereocenters. The van der Waals surface area contributed by atoms with E-state index in [1.54, 1.807) is 30.1 Å². The topological polar surface area (TPSA) is 33.2 Å². The first kappa shape index (κ1) is 16.0. The van der Waals surface area contributed by atoms with Crippen molar-refractivity contribution in [2.24, 2.45) is 5.92 Å². The summed E-state index contributed by atoms with van der Waals surface area (Å²) >= 11 is 1.63. The SMILES string of the molecule is CC(C)CN1C(=O)CSC1c1cccnc1-c1ccc(F)cc1. The zero-order chi connectivity index (χ0) is 16.4. The molecule has 1 aliphatic rings. The molecule has 1 amide bonds. The highest BCUT2D eigenvalue weighted by Crippen LogP contribution is 2.42. The second kappa shape index (κ2) is 6.71. The number of thioether (sulfide) groups is 1. The summed E-state index contributed by atoms with van der Waals surface area (Å²) in [5.41, 5.74) is 2.69. The Morgan fingerprint density at radius 3 is 2.74 bits per heavy atom. The molecule has 2 aromatic rings. The number of halogens is 1. The van der Waals surface area contributed by atoms with Crippen LogP contribution in [-0.2, 0) is 4.79 Å². The number of carbonyl (C=O) groups is 1. The highest BCUT2D eigenvalue weighted by atomic mass is 32.2. The second-order valence-corrected chi connectivity index (χ2v) is 7.12. The number of pyridine rings is 1. The van der Waals surface area contributed by atoms with Gasteiger partial charge in [-0.3, -0.25) is 9.78 Å². The summed E-state index contributed by atoms with van der Waals surface area (Å²) in [6.07, 6.45) is 1.73. The van der Waals surface area contributed by atoms with Crippen molar-refractivity contribution < 1.29 is 9.18 Å². The summed E-state index contributed by atoms with van der Waals surface area (Å²) in [6.45, 7) is 4.95. The highest BCUT2D eigenvalue weighted by molar-refractivity contribution is 8.00. The van der Waals surface area contributed by atoms with Crippen molar-refractivity contribution in [1.82, 2.24) is 9.88 Å². The van der Waals surface area contributed by atoms with E-state index in [1.807, 2.05) is 17.0 Å². The normalized spacial score (nSPS) is 18.0. The Morgan fingerprint density at radius 1 is 1.30 bits per heavy atom. The fourth-order valence-electron chi connectivity index (χ4n) is 2.77. The molecule has 0 bridgehead atoms. The molecule has 1 aromatic heterocycles.